The highest BCUT2D eigenvalue weighted by atomic mass is 79.9. The largest absolute Gasteiger partial charge is 0.255 e. The molecule has 0 aliphatic carbocycles. The maximum absolute atomic E-state index is 5.32. The first-order valence-corrected chi connectivity index (χ1v) is 5.13. The molecule has 0 unspecified atom stereocenters. The van der Waals surface area contributed by atoms with E-state index in [0.29, 0.717) is 0 Å². The number of halogens is 1. The number of terminal acetylenes is 1. The monoisotopic (exact) mass is 258 g/mol. The average Bonchev–Trinajstić information content (AvgIpc) is 2.29. The van der Waals surface area contributed by atoms with Crippen molar-refractivity contribution in [1.29, 1.82) is 0 Å². The third-order valence-corrected chi connectivity index (χ3v) is 2.40. The summed E-state index contributed by atoms with van der Waals surface area (Å²) in [6, 6.07) is 7.41. The third-order valence-electron chi connectivity index (χ3n) is 1.91. The van der Waals surface area contributed by atoms with Crippen molar-refractivity contribution >= 4 is 15.9 Å². The van der Waals surface area contributed by atoms with Gasteiger partial charge in [-0.05, 0) is 24.3 Å². The summed E-state index contributed by atoms with van der Waals surface area (Å²) in [6.45, 7) is 0. The molecule has 0 amide bonds. The van der Waals surface area contributed by atoms with Crippen molar-refractivity contribution < 1.29 is 0 Å². The van der Waals surface area contributed by atoms with Gasteiger partial charge in [-0.3, -0.25) is 9.97 Å². The van der Waals surface area contributed by atoms with Gasteiger partial charge < -0.3 is 0 Å². The number of hydrogen-bond acceptors (Lipinski definition) is 2. The van der Waals surface area contributed by atoms with Crippen LogP contribution in [0.4, 0.5) is 0 Å². The molecule has 2 aromatic rings. The highest BCUT2D eigenvalue weighted by Gasteiger charge is 2.01. The van der Waals surface area contributed by atoms with E-state index >= 15 is 0 Å². The lowest BCUT2D eigenvalue weighted by Crippen LogP contribution is -1.87. The van der Waals surface area contributed by atoms with Crippen LogP contribution in [-0.4, -0.2) is 9.97 Å². The first kappa shape index (κ1) is 9.88. The van der Waals surface area contributed by atoms with Crippen molar-refractivity contribution in [2.24, 2.45) is 0 Å². The number of rotatable bonds is 1. The van der Waals surface area contributed by atoms with Gasteiger partial charge in [0.2, 0.25) is 0 Å². The molecule has 72 valence electrons. The summed E-state index contributed by atoms with van der Waals surface area (Å²) in [6.07, 6.45) is 8.73. The van der Waals surface area contributed by atoms with E-state index in [9.17, 15) is 0 Å². The Labute approximate surface area is 96.5 Å². The lowest BCUT2D eigenvalue weighted by Gasteiger charge is -2.00. The van der Waals surface area contributed by atoms with Gasteiger partial charge in [0.15, 0.2) is 0 Å². The van der Waals surface area contributed by atoms with Gasteiger partial charge in [0.1, 0.15) is 0 Å². The van der Waals surface area contributed by atoms with E-state index in [1.165, 1.54) is 0 Å². The van der Waals surface area contributed by atoms with E-state index in [2.05, 4.69) is 31.8 Å². The molecule has 2 rings (SSSR count). The second kappa shape index (κ2) is 4.24. The number of pyridine rings is 2. The van der Waals surface area contributed by atoms with Gasteiger partial charge in [-0.2, -0.15) is 0 Å². The van der Waals surface area contributed by atoms with Crippen molar-refractivity contribution in [3.63, 3.8) is 0 Å². The van der Waals surface area contributed by atoms with Crippen molar-refractivity contribution in [2.45, 2.75) is 0 Å². The quantitative estimate of drug-likeness (QED) is 0.736. The van der Waals surface area contributed by atoms with Gasteiger partial charge in [-0.1, -0.05) is 21.9 Å². The Bertz CT molecular complexity index is 529. The lowest BCUT2D eigenvalue weighted by molar-refractivity contribution is 1.24. The molecule has 0 radical (unpaired) electrons. The summed E-state index contributed by atoms with van der Waals surface area (Å²) in [4.78, 5) is 8.44. The fourth-order valence-corrected chi connectivity index (χ4v) is 1.54. The van der Waals surface area contributed by atoms with Crippen molar-refractivity contribution in [2.75, 3.05) is 0 Å². The summed E-state index contributed by atoms with van der Waals surface area (Å²) in [7, 11) is 0. The van der Waals surface area contributed by atoms with Crippen LogP contribution < -0.4 is 0 Å². The van der Waals surface area contributed by atoms with Crippen LogP contribution in [0.2, 0.25) is 0 Å². The van der Waals surface area contributed by atoms with Gasteiger partial charge in [0.25, 0.3) is 0 Å². The fourth-order valence-electron chi connectivity index (χ4n) is 1.21. The van der Waals surface area contributed by atoms with E-state index in [0.717, 1.165) is 21.4 Å². The normalized spacial score (nSPS) is 9.60. The van der Waals surface area contributed by atoms with Crippen LogP contribution in [-0.2, 0) is 0 Å². The smallest absolute Gasteiger partial charge is 0.0898 e. The minimum Gasteiger partial charge on any atom is -0.255 e. The predicted molar refractivity (Wildman–Crippen MR) is 63.1 cm³/mol. The molecule has 0 aromatic carbocycles. The SMILES string of the molecule is C#Cc1ccnc(-c2cc(Br)ccn2)c1. The van der Waals surface area contributed by atoms with E-state index in [1.54, 1.807) is 18.5 Å². The zero-order valence-electron chi connectivity index (χ0n) is 7.81. The second-order valence-electron chi connectivity index (χ2n) is 2.93. The van der Waals surface area contributed by atoms with Crippen LogP contribution in [0.1, 0.15) is 5.56 Å². The molecule has 0 fully saturated rings. The van der Waals surface area contributed by atoms with E-state index in [-0.39, 0.29) is 0 Å². The van der Waals surface area contributed by atoms with Gasteiger partial charge in [-0.15, -0.1) is 6.42 Å². The molecule has 3 heteroatoms. The zero-order valence-corrected chi connectivity index (χ0v) is 9.40. The first-order valence-electron chi connectivity index (χ1n) is 4.34. The topological polar surface area (TPSA) is 25.8 Å². The molecule has 0 bridgehead atoms. The van der Waals surface area contributed by atoms with Crippen molar-refractivity contribution in [3.05, 3.63) is 46.7 Å². The van der Waals surface area contributed by atoms with Crippen LogP contribution in [0, 0.1) is 12.3 Å². The molecular weight excluding hydrogens is 252 g/mol. The second-order valence-corrected chi connectivity index (χ2v) is 3.85. The fraction of sp³-hybridized carbons (Fsp3) is 0. The number of aromatic nitrogens is 2. The molecule has 0 spiro atoms. The minimum absolute atomic E-state index is 0.784. The Kier molecular flexibility index (Phi) is 2.79. The molecule has 2 aromatic heterocycles. The molecule has 0 aliphatic heterocycles. The first-order chi connectivity index (χ1) is 7.29. The van der Waals surface area contributed by atoms with Crippen LogP contribution in [0.5, 0.6) is 0 Å². The molecule has 0 atom stereocenters. The number of nitrogens with zero attached hydrogens (tertiary/aromatic N) is 2. The molecule has 0 N–H and O–H groups in total. The predicted octanol–water partition coefficient (Wildman–Crippen LogP) is 2.89. The van der Waals surface area contributed by atoms with E-state index < -0.39 is 0 Å². The van der Waals surface area contributed by atoms with Crippen molar-refractivity contribution in [1.82, 2.24) is 9.97 Å². The number of hydrogen-bond donors (Lipinski definition) is 0. The molecular formula is C12H7BrN2. The zero-order chi connectivity index (χ0) is 10.7. The summed E-state index contributed by atoms with van der Waals surface area (Å²) >= 11 is 3.39. The highest BCUT2D eigenvalue weighted by Crippen LogP contribution is 2.18. The molecule has 0 saturated heterocycles. The molecule has 2 nitrogen and oxygen atoms in total. The molecule has 0 aliphatic rings. The van der Waals surface area contributed by atoms with Crippen LogP contribution in [0.3, 0.4) is 0 Å². The van der Waals surface area contributed by atoms with Gasteiger partial charge >= 0.3 is 0 Å². The Hall–Kier alpha value is -1.66. The van der Waals surface area contributed by atoms with Crippen molar-refractivity contribution in [3.8, 4) is 23.7 Å². The maximum atomic E-state index is 5.32. The summed E-state index contributed by atoms with van der Waals surface area (Å²) in [5.41, 5.74) is 2.40. The summed E-state index contributed by atoms with van der Waals surface area (Å²) < 4.78 is 0.973. The lowest BCUT2D eigenvalue weighted by atomic mass is 10.2. The molecule has 15 heavy (non-hydrogen) atoms. The Morgan fingerprint density at radius 2 is 1.73 bits per heavy atom. The van der Waals surface area contributed by atoms with Gasteiger partial charge in [0.05, 0.1) is 11.4 Å². The summed E-state index contributed by atoms with van der Waals surface area (Å²) in [5.74, 6) is 2.57. The van der Waals surface area contributed by atoms with E-state index in [4.69, 9.17) is 6.42 Å². The van der Waals surface area contributed by atoms with Crippen LogP contribution >= 0.6 is 15.9 Å². The van der Waals surface area contributed by atoms with Gasteiger partial charge in [-0.25, -0.2) is 0 Å². The maximum Gasteiger partial charge on any atom is 0.0898 e. The Morgan fingerprint density at radius 3 is 2.40 bits per heavy atom. The van der Waals surface area contributed by atoms with Crippen LogP contribution in [0.25, 0.3) is 11.4 Å². The van der Waals surface area contributed by atoms with E-state index in [1.807, 2.05) is 18.2 Å². The standard InChI is InChI=1S/C12H7BrN2/c1-2-9-3-5-14-11(7-9)12-8-10(13)4-6-15-12/h1,3-8H. The molecule has 0 saturated carbocycles. The summed E-state index contributed by atoms with van der Waals surface area (Å²) in [5, 5.41) is 0. The third kappa shape index (κ3) is 2.23. The van der Waals surface area contributed by atoms with Crippen LogP contribution in [0.15, 0.2) is 41.1 Å². The Morgan fingerprint density at radius 1 is 1.07 bits per heavy atom. The highest BCUT2D eigenvalue weighted by molar-refractivity contribution is 9.10. The average molecular weight is 259 g/mol. The minimum atomic E-state index is 0.784. The van der Waals surface area contributed by atoms with Gasteiger partial charge in [0, 0.05) is 22.4 Å². The molecule has 2 heterocycles. The Balaban J connectivity index is 2.50.